The number of aromatic nitrogens is 4. The summed E-state index contributed by atoms with van der Waals surface area (Å²) >= 11 is 1.55. The lowest BCUT2D eigenvalue weighted by Gasteiger charge is -2.27. The van der Waals surface area contributed by atoms with Crippen molar-refractivity contribution in [2.45, 2.75) is 32.7 Å². The van der Waals surface area contributed by atoms with Gasteiger partial charge in [-0.05, 0) is 32.4 Å². The molecule has 0 saturated carbocycles. The number of anilines is 1. The first-order valence-electron chi connectivity index (χ1n) is 7.33. The van der Waals surface area contributed by atoms with Crippen molar-refractivity contribution in [1.82, 2.24) is 24.9 Å². The maximum absolute atomic E-state index is 12.4. The molecule has 0 aromatic carbocycles. The van der Waals surface area contributed by atoms with Gasteiger partial charge in [0, 0.05) is 17.3 Å². The molecule has 0 aliphatic carbocycles. The molecule has 0 aliphatic heterocycles. The number of hydrogen-bond donors (Lipinski definition) is 2. The molecule has 0 unspecified atom stereocenters. The van der Waals surface area contributed by atoms with Crippen LogP contribution in [0.1, 0.15) is 31.0 Å². The third-order valence-corrected chi connectivity index (χ3v) is 4.95. The molecule has 3 heterocycles. The van der Waals surface area contributed by atoms with E-state index in [0.29, 0.717) is 11.6 Å². The van der Waals surface area contributed by atoms with Crippen molar-refractivity contribution in [3.05, 3.63) is 40.5 Å². The average molecular weight is 330 g/mol. The Morgan fingerprint density at radius 2 is 2.22 bits per heavy atom. The van der Waals surface area contributed by atoms with Gasteiger partial charge in [0.15, 0.2) is 5.65 Å². The van der Waals surface area contributed by atoms with Gasteiger partial charge in [-0.15, -0.1) is 21.5 Å². The molecule has 0 radical (unpaired) electrons. The number of rotatable bonds is 4. The van der Waals surface area contributed by atoms with Crippen LogP contribution in [0.5, 0.6) is 0 Å². The second kappa shape index (κ2) is 5.96. The topological polar surface area (TPSA) is 84.2 Å². The van der Waals surface area contributed by atoms with Crippen LogP contribution >= 0.6 is 11.3 Å². The standard InChI is InChI=1S/C15H18N6OS/c1-4-15(3,12-16-10(2)9-23-12)18-14(22)17-13-20-19-11-7-5-6-8-21(11)13/h5-9H,4H2,1-3H3,(H2,17,18,20,22)/t15-/m1/s1. The zero-order valence-electron chi connectivity index (χ0n) is 13.2. The molecule has 7 nitrogen and oxygen atoms in total. The smallest absolute Gasteiger partial charge is 0.322 e. The van der Waals surface area contributed by atoms with Crippen LogP contribution in [0.3, 0.4) is 0 Å². The fourth-order valence-corrected chi connectivity index (χ4v) is 3.20. The van der Waals surface area contributed by atoms with Crippen LogP contribution in [0.15, 0.2) is 29.8 Å². The number of carbonyl (C=O) groups is 1. The highest BCUT2D eigenvalue weighted by atomic mass is 32.1. The Kier molecular flexibility index (Phi) is 3.99. The second-order valence-corrected chi connectivity index (χ2v) is 6.37. The maximum atomic E-state index is 12.4. The lowest BCUT2D eigenvalue weighted by Crippen LogP contribution is -2.45. The van der Waals surface area contributed by atoms with Crippen molar-refractivity contribution < 1.29 is 4.79 Å². The van der Waals surface area contributed by atoms with Gasteiger partial charge in [0.05, 0.1) is 5.54 Å². The molecule has 0 saturated heterocycles. The molecule has 8 heteroatoms. The number of fused-ring (bicyclic) bond motifs is 1. The van der Waals surface area contributed by atoms with Crippen LogP contribution in [0.4, 0.5) is 10.7 Å². The molecule has 1 atom stereocenters. The lowest BCUT2D eigenvalue weighted by molar-refractivity contribution is 0.237. The highest BCUT2D eigenvalue weighted by Gasteiger charge is 2.30. The van der Waals surface area contributed by atoms with Crippen molar-refractivity contribution in [2.75, 3.05) is 5.32 Å². The summed E-state index contributed by atoms with van der Waals surface area (Å²) < 4.78 is 1.72. The number of thiazole rings is 1. The number of urea groups is 1. The van der Waals surface area contributed by atoms with Crippen LogP contribution < -0.4 is 10.6 Å². The molecule has 3 rings (SSSR count). The molecule has 0 aliphatic rings. The van der Waals surface area contributed by atoms with Crippen molar-refractivity contribution in [3.63, 3.8) is 0 Å². The van der Waals surface area contributed by atoms with E-state index in [-0.39, 0.29) is 6.03 Å². The summed E-state index contributed by atoms with van der Waals surface area (Å²) in [7, 11) is 0. The summed E-state index contributed by atoms with van der Waals surface area (Å²) in [5, 5.41) is 16.6. The van der Waals surface area contributed by atoms with E-state index in [1.165, 1.54) is 0 Å². The SMILES string of the molecule is CC[C@@](C)(NC(=O)Nc1nnc2ccccn12)c1nc(C)cs1. The van der Waals surface area contributed by atoms with E-state index in [4.69, 9.17) is 0 Å². The predicted octanol–water partition coefficient (Wildman–Crippen LogP) is 2.94. The monoisotopic (exact) mass is 330 g/mol. The summed E-state index contributed by atoms with van der Waals surface area (Å²) in [5.74, 6) is 0.381. The number of carbonyl (C=O) groups excluding carboxylic acids is 1. The van der Waals surface area contributed by atoms with Gasteiger partial charge >= 0.3 is 6.03 Å². The van der Waals surface area contributed by atoms with Crippen molar-refractivity contribution in [1.29, 1.82) is 0 Å². The predicted molar refractivity (Wildman–Crippen MR) is 89.6 cm³/mol. The number of nitrogens with one attached hydrogen (secondary N) is 2. The van der Waals surface area contributed by atoms with Crippen molar-refractivity contribution >= 4 is 29.0 Å². The van der Waals surface area contributed by atoms with Gasteiger partial charge < -0.3 is 5.32 Å². The minimum absolute atomic E-state index is 0.333. The average Bonchev–Trinajstić information content (AvgIpc) is 3.14. The summed E-state index contributed by atoms with van der Waals surface area (Å²) in [6.45, 7) is 5.93. The second-order valence-electron chi connectivity index (χ2n) is 5.51. The molecule has 120 valence electrons. The van der Waals surface area contributed by atoms with E-state index in [0.717, 1.165) is 17.1 Å². The number of aryl methyl sites for hydroxylation is 1. The molecule has 23 heavy (non-hydrogen) atoms. The number of amides is 2. The Morgan fingerprint density at radius 3 is 2.91 bits per heavy atom. The quantitative estimate of drug-likeness (QED) is 0.770. The van der Waals surface area contributed by atoms with Gasteiger partial charge in [0.1, 0.15) is 5.01 Å². The third-order valence-electron chi connectivity index (χ3n) is 3.73. The van der Waals surface area contributed by atoms with Crippen LogP contribution in [-0.2, 0) is 5.54 Å². The highest BCUT2D eigenvalue weighted by molar-refractivity contribution is 7.09. The Labute approximate surface area is 137 Å². The fraction of sp³-hybridized carbons (Fsp3) is 0.333. The maximum Gasteiger partial charge on any atom is 0.322 e. The van der Waals surface area contributed by atoms with Gasteiger partial charge in [-0.25, -0.2) is 9.78 Å². The number of pyridine rings is 1. The molecule has 0 spiro atoms. The first-order chi connectivity index (χ1) is 11.0. The summed E-state index contributed by atoms with van der Waals surface area (Å²) in [4.78, 5) is 16.9. The van der Waals surface area contributed by atoms with Crippen LogP contribution in [-0.4, -0.2) is 25.6 Å². The van der Waals surface area contributed by atoms with E-state index in [1.54, 1.807) is 21.9 Å². The molecule has 2 N–H and O–H groups in total. The molecule has 0 bridgehead atoms. The number of nitrogens with zero attached hydrogens (tertiary/aromatic N) is 4. The summed E-state index contributed by atoms with van der Waals surface area (Å²) in [6, 6.07) is 5.21. The minimum Gasteiger partial charge on any atom is -0.326 e. The van der Waals surface area contributed by atoms with Crippen molar-refractivity contribution in [2.24, 2.45) is 0 Å². The zero-order chi connectivity index (χ0) is 16.4. The Morgan fingerprint density at radius 1 is 1.39 bits per heavy atom. The van der Waals surface area contributed by atoms with Gasteiger partial charge in [0.2, 0.25) is 5.95 Å². The van der Waals surface area contributed by atoms with E-state index in [2.05, 4.69) is 25.8 Å². The van der Waals surface area contributed by atoms with Gasteiger partial charge in [0.25, 0.3) is 0 Å². The van der Waals surface area contributed by atoms with Gasteiger partial charge in [-0.3, -0.25) is 9.72 Å². The van der Waals surface area contributed by atoms with E-state index >= 15 is 0 Å². The molecule has 3 aromatic heterocycles. The van der Waals surface area contributed by atoms with Crippen LogP contribution in [0.2, 0.25) is 0 Å². The zero-order valence-corrected chi connectivity index (χ0v) is 14.0. The minimum atomic E-state index is -0.524. The van der Waals surface area contributed by atoms with E-state index < -0.39 is 5.54 Å². The molecule has 2 amide bonds. The van der Waals surface area contributed by atoms with Crippen molar-refractivity contribution in [3.8, 4) is 0 Å². The Balaban J connectivity index is 1.78. The Bertz CT molecular complexity index is 841. The summed E-state index contributed by atoms with van der Waals surface area (Å²) in [5.41, 5.74) is 1.11. The highest BCUT2D eigenvalue weighted by Crippen LogP contribution is 2.27. The van der Waals surface area contributed by atoms with Gasteiger partial charge in [-0.2, -0.15) is 0 Å². The van der Waals surface area contributed by atoms with Gasteiger partial charge in [-0.1, -0.05) is 13.0 Å². The van der Waals surface area contributed by atoms with Crippen LogP contribution in [0, 0.1) is 6.92 Å². The first-order valence-corrected chi connectivity index (χ1v) is 8.21. The molecular weight excluding hydrogens is 312 g/mol. The molecular formula is C15H18N6OS. The van der Waals surface area contributed by atoms with Crippen LogP contribution in [0.25, 0.3) is 5.65 Å². The lowest BCUT2D eigenvalue weighted by atomic mass is 10.0. The largest absolute Gasteiger partial charge is 0.326 e. The van der Waals surface area contributed by atoms with E-state index in [9.17, 15) is 4.79 Å². The number of hydrogen-bond acceptors (Lipinski definition) is 5. The third kappa shape index (κ3) is 3.02. The summed E-state index contributed by atoms with van der Waals surface area (Å²) in [6.07, 6.45) is 2.53. The Hall–Kier alpha value is -2.48. The molecule has 3 aromatic rings. The fourth-order valence-electron chi connectivity index (χ4n) is 2.21. The first kappa shape index (κ1) is 15.4. The molecule has 0 fully saturated rings. The normalized spacial score (nSPS) is 13.7. The van der Waals surface area contributed by atoms with E-state index in [1.807, 2.05) is 44.4 Å².